The van der Waals surface area contributed by atoms with Crippen LogP contribution in [0.15, 0.2) is 18.5 Å². The number of anilines is 1. The van der Waals surface area contributed by atoms with Gasteiger partial charge < -0.3 is 10.2 Å². The fourth-order valence-electron chi connectivity index (χ4n) is 2.24. The molecule has 1 aromatic rings. The molecule has 4 heteroatoms. The maximum atomic E-state index is 5.91. The summed E-state index contributed by atoms with van der Waals surface area (Å²) in [5.74, 6) is 0.828. The topological polar surface area (TPSA) is 28.2 Å². The molecule has 1 aromatic heterocycles. The Balaban J connectivity index is 1.82. The molecule has 0 bridgehead atoms. The van der Waals surface area contributed by atoms with E-state index < -0.39 is 0 Å². The summed E-state index contributed by atoms with van der Waals surface area (Å²) in [5, 5.41) is 4.14. The van der Waals surface area contributed by atoms with Gasteiger partial charge in [0.05, 0.1) is 16.9 Å². The molecule has 0 spiro atoms. The SMILES string of the molecule is Clc1cncc(N2C[C@@H]3CN[C@@H]3C2)c1. The number of rotatable bonds is 1. The molecule has 74 valence electrons. The first-order chi connectivity index (χ1) is 6.83. The van der Waals surface area contributed by atoms with Gasteiger partial charge in [-0.15, -0.1) is 0 Å². The van der Waals surface area contributed by atoms with Crippen molar-refractivity contribution in [2.24, 2.45) is 5.92 Å². The number of halogens is 1. The Morgan fingerprint density at radius 1 is 1.43 bits per heavy atom. The Kier molecular flexibility index (Phi) is 1.89. The van der Waals surface area contributed by atoms with Gasteiger partial charge in [-0.1, -0.05) is 11.6 Å². The Bertz CT molecular complexity index is 343. The Labute approximate surface area is 88.1 Å². The number of fused-ring (bicyclic) bond motifs is 1. The first-order valence-corrected chi connectivity index (χ1v) is 5.29. The highest BCUT2D eigenvalue weighted by Crippen LogP contribution is 2.28. The highest BCUT2D eigenvalue weighted by molar-refractivity contribution is 6.30. The van der Waals surface area contributed by atoms with Crippen LogP contribution in [0.4, 0.5) is 5.69 Å². The second kappa shape index (κ2) is 3.11. The van der Waals surface area contributed by atoms with Crippen LogP contribution >= 0.6 is 11.6 Å². The molecule has 2 saturated heterocycles. The molecule has 2 aliphatic rings. The molecule has 0 amide bonds. The standard InChI is InChI=1S/C10H12ClN3/c11-8-1-9(4-12-3-8)14-5-7-2-13-10(7)6-14/h1,3-4,7,10,13H,2,5-6H2/t7-,10+/m0/s1. The predicted octanol–water partition coefficient (Wildman–Crippen LogP) is 1.14. The van der Waals surface area contributed by atoms with Gasteiger partial charge in [-0.3, -0.25) is 4.98 Å². The zero-order chi connectivity index (χ0) is 9.54. The van der Waals surface area contributed by atoms with Crippen LogP contribution in [0.3, 0.4) is 0 Å². The predicted molar refractivity (Wildman–Crippen MR) is 56.7 cm³/mol. The quantitative estimate of drug-likeness (QED) is 0.752. The van der Waals surface area contributed by atoms with E-state index in [4.69, 9.17) is 11.6 Å². The molecule has 1 N–H and O–H groups in total. The van der Waals surface area contributed by atoms with E-state index in [0.717, 1.165) is 36.3 Å². The van der Waals surface area contributed by atoms with Crippen LogP contribution in [-0.4, -0.2) is 30.7 Å². The summed E-state index contributed by atoms with van der Waals surface area (Å²) in [6.07, 6.45) is 3.56. The van der Waals surface area contributed by atoms with Crippen LogP contribution in [0.25, 0.3) is 0 Å². The lowest BCUT2D eigenvalue weighted by molar-refractivity contribution is 0.297. The Morgan fingerprint density at radius 3 is 2.93 bits per heavy atom. The minimum absolute atomic E-state index is 0.689. The van der Waals surface area contributed by atoms with Gasteiger partial charge >= 0.3 is 0 Å². The normalized spacial score (nSPS) is 29.9. The molecule has 0 saturated carbocycles. The lowest BCUT2D eigenvalue weighted by Crippen LogP contribution is -2.51. The van der Waals surface area contributed by atoms with Crippen LogP contribution in [0, 0.1) is 5.92 Å². The molecule has 0 aliphatic carbocycles. The van der Waals surface area contributed by atoms with Crippen molar-refractivity contribution in [2.45, 2.75) is 6.04 Å². The smallest absolute Gasteiger partial charge is 0.0609 e. The van der Waals surface area contributed by atoms with Gasteiger partial charge in [-0.2, -0.15) is 0 Å². The molecule has 0 unspecified atom stereocenters. The highest BCUT2D eigenvalue weighted by atomic mass is 35.5. The van der Waals surface area contributed by atoms with Crippen LogP contribution in [-0.2, 0) is 0 Å². The van der Waals surface area contributed by atoms with Crippen molar-refractivity contribution in [1.82, 2.24) is 10.3 Å². The monoisotopic (exact) mass is 209 g/mol. The van der Waals surface area contributed by atoms with E-state index in [0.29, 0.717) is 6.04 Å². The second-order valence-corrected chi connectivity index (χ2v) is 4.48. The molecule has 3 heterocycles. The van der Waals surface area contributed by atoms with E-state index in [1.165, 1.54) is 0 Å². The number of hydrogen-bond acceptors (Lipinski definition) is 3. The van der Waals surface area contributed by atoms with Crippen molar-refractivity contribution in [1.29, 1.82) is 0 Å². The van der Waals surface area contributed by atoms with Gasteiger partial charge in [0.1, 0.15) is 0 Å². The lowest BCUT2D eigenvalue weighted by Gasteiger charge is -2.29. The number of nitrogens with one attached hydrogen (secondary N) is 1. The molecule has 0 aromatic carbocycles. The number of hydrogen-bond donors (Lipinski definition) is 1. The summed E-state index contributed by atoms with van der Waals surface area (Å²) in [7, 11) is 0. The third-order valence-corrected chi connectivity index (χ3v) is 3.35. The third-order valence-electron chi connectivity index (χ3n) is 3.14. The molecule has 2 atom stereocenters. The Hall–Kier alpha value is -0.800. The third kappa shape index (κ3) is 1.28. The van der Waals surface area contributed by atoms with Crippen molar-refractivity contribution in [2.75, 3.05) is 24.5 Å². The van der Waals surface area contributed by atoms with Crippen molar-refractivity contribution >= 4 is 17.3 Å². The maximum Gasteiger partial charge on any atom is 0.0609 e. The zero-order valence-electron chi connectivity index (χ0n) is 7.78. The van der Waals surface area contributed by atoms with E-state index in [1.54, 1.807) is 6.20 Å². The molecule has 0 radical (unpaired) electrons. The summed E-state index contributed by atoms with van der Waals surface area (Å²) in [6.45, 7) is 3.39. The minimum Gasteiger partial charge on any atom is -0.368 e. The van der Waals surface area contributed by atoms with Crippen molar-refractivity contribution in [3.05, 3.63) is 23.5 Å². The van der Waals surface area contributed by atoms with E-state index >= 15 is 0 Å². The average Bonchev–Trinajstić information content (AvgIpc) is 2.43. The maximum absolute atomic E-state index is 5.91. The van der Waals surface area contributed by atoms with Gasteiger partial charge in [0.25, 0.3) is 0 Å². The number of pyridine rings is 1. The second-order valence-electron chi connectivity index (χ2n) is 4.04. The van der Waals surface area contributed by atoms with Gasteiger partial charge in [-0.05, 0) is 6.07 Å². The zero-order valence-corrected chi connectivity index (χ0v) is 8.54. The van der Waals surface area contributed by atoms with Crippen molar-refractivity contribution < 1.29 is 0 Å². The summed E-state index contributed by atoms with van der Waals surface area (Å²) in [5.41, 5.74) is 1.15. The van der Waals surface area contributed by atoms with Crippen LogP contribution < -0.4 is 10.2 Å². The highest BCUT2D eigenvalue weighted by Gasteiger charge is 2.38. The largest absolute Gasteiger partial charge is 0.368 e. The summed E-state index contributed by atoms with van der Waals surface area (Å²) in [6, 6.07) is 2.67. The van der Waals surface area contributed by atoms with E-state index in [9.17, 15) is 0 Å². The molecule has 2 fully saturated rings. The van der Waals surface area contributed by atoms with Crippen LogP contribution in [0.2, 0.25) is 5.02 Å². The first-order valence-electron chi connectivity index (χ1n) is 4.92. The lowest BCUT2D eigenvalue weighted by atomic mass is 9.96. The molecular formula is C10H12ClN3. The number of aromatic nitrogens is 1. The molecule has 2 aliphatic heterocycles. The van der Waals surface area contributed by atoms with Crippen molar-refractivity contribution in [3.8, 4) is 0 Å². The summed E-state index contributed by atoms with van der Waals surface area (Å²) in [4.78, 5) is 6.46. The van der Waals surface area contributed by atoms with Gasteiger partial charge in [0.15, 0.2) is 0 Å². The molecule has 14 heavy (non-hydrogen) atoms. The van der Waals surface area contributed by atoms with Gasteiger partial charge in [-0.25, -0.2) is 0 Å². The molecule has 3 nitrogen and oxygen atoms in total. The van der Waals surface area contributed by atoms with Crippen molar-refractivity contribution in [3.63, 3.8) is 0 Å². The fraction of sp³-hybridized carbons (Fsp3) is 0.500. The fourth-order valence-corrected chi connectivity index (χ4v) is 2.40. The van der Waals surface area contributed by atoms with E-state index in [1.807, 2.05) is 12.3 Å². The first kappa shape index (κ1) is 8.50. The van der Waals surface area contributed by atoms with E-state index in [2.05, 4.69) is 15.2 Å². The average molecular weight is 210 g/mol. The minimum atomic E-state index is 0.689. The summed E-state index contributed by atoms with van der Waals surface area (Å²) < 4.78 is 0. The van der Waals surface area contributed by atoms with Crippen LogP contribution in [0.5, 0.6) is 0 Å². The molecular weight excluding hydrogens is 198 g/mol. The van der Waals surface area contributed by atoms with E-state index in [-0.39, 0.29) is 0 Å². The van der Waals surface area contributed by atoms with Gasteiger partial charge in [0, 0.05) is 37.8 Å². The molecule has 3 rings (SSSR count). The summed E-state index contributed by atoms with van der Waals surface area (Å²) >= 11 is 5.91. The number of nitrogens with zero attached hydrogens (tertiary/aromatic N) is 2. The van der Waals surface area contributed by atoms with Gasteiger partial charge in [0.2, 0.25) is 0 Å². The Morgan fingerprint density at radius 2 is 2.36 bits per heavy atom. The van der Waals surface area contributed by atoms with Crippen LogP contribution in [0.1, 0.15) is 0 Å².